The summed E-state index contributed by atoms with van der Waals surface area (Å²) < 4.78 is 0. The number of rotatable bonds is 7. The van der Waals surface area contributed by atoms with E-state index in [0.717, 1.165) is 11.3 Å². The molecule has 90 valence electrons. The monoisotopic (exact) mass is 244 g/mol. The maximum absolute atomic E-state index is 10.5. The molecule has 0 radical (unpaired) electrons. The van der Waals surface area contributed by atoms with E-state index >= 15 is 0 Å². The summed E-state index contributed by atoms with van der Waals surface area (Å²) in [5.41, 5.74) is 0. The van der Waals surface area contributed by atoms with Crippen LogP contribution in [-0.2, 0) is 6.54 Å². The van der Waals surface area contributed by atoms with Gasteiger partial charge in [-0.3, -0.25) is 10.1 Å². The number of hydrogen-bond donors (Lipinski definition) is 2. The lowest BCUT2D eigenvalue weighted by atomic mass is 10.1. The third-order valence-electron chi connectivity index (χ3n) is 2.36. The third-order valence-corrected chi connectivity index (χ3v) is 3.40. The molecule has 1 heterocycles. The van der Waals surface area contributed by atoms with Crippen molar-refractivity contribution in [2.24, 2.45) is 0 Å². The van der Waals surface area contributed by atoms with Crippen LogP contribution < -0.4 is 5.32 Å². The van der Waals surface area contributed by atoms with Crippen molar-refractivity contribution in [3.05, 3.63) is 27.1 Å². The molecule has 6 heteroatoms. The van der Waals surface area contributed by atoms with Gasteiger partial charge in [-0.15, -0.1) is 0 Å². The second kappa shape index (κ2) is 6.57. The van der Waals surface area contributed by atoms with E-state index in [-0.39, 0.29) is 22.6 Å². The molecule has 2 N–H and O–H groups in total. The van der Waals surface area contributed by atoms with Gasteiger partial charge in [-0.25, -0.2) is 0 Å². The largest absolute Gasteiger partial charge is 0.396 e. The van der Waals surface area contributed by atoms with Crippen molar-refractivity contribution in [2.75, 3.05) is 6.61 Å². The Bertz CT molecular complexity index is 341. The molecule has 0 amide bonds. The Hall–Kier alpha value is -0.980. The van der Waals surface area contributed by atoms with Gasteiger partial charge in [0.2, 0.25) is 0 Å². The molecule has 0 aliphatic rings. The van der Waals surface area contributed by atoms with Crippen molar-refractivity contribution in [2.45, 2.75) is 32.4 Å². The van der Waals surface area contributed by atoms with Gasteiger partial charge in [0, 0.05) is 30.1 Å². The van der Waals surface area contributed by atoms with E-state index < -0.39 is 0 Å². The predicted molar refractivity (Wildman–Crippen MR) is 63.6 cm³/mol. The topological polar surface area (TPSA) is 75.4 Å². The van der Waals surface area contributed by atoms with Gasteiger partial charge in [0.15, 0.2) is 0 Å². The second-order valence-corrected chi connectivity index (χ2v) is 4.64. The first-order valence-corrected chi connectivity index (χ1v) is 6.06. The highest BCUT2D eigenvalue weighted by molar-refractivity contribution is 7.15. The van der Waals surface area contributed by atoms with Gasteiger partial charge in [-0.05, 0) is 18.9 Å². The highest BCUT2D eigenvalue weighted by atomic mass is 32.1. The van der Waals surface area contributed by atoms with E-state index in [4.69, 9.17) is 5.11 Å². The van der Waals surface area contributed by atoms with Crippen LogP contribution in [0.5, 0.6) is 0 Å². The van der Waals surface area contributed by atoms with Gasteiger partial charge in [0.05, 0.1) is 4.92 Å². The number of aliphatic hydroxyl groups is 1. The molecule has 0 bridgehead atoms. The summed E-state index contributed by atoms with van der Waals surface area (Å²) in [5, 5.41) is 22.7. The van der Waals surface area contributed by atoms with Crippen molar-refractivity contribution in [3.8, 4) is 0 Å². The molecule has 1 atom stereocenters. The molecule has 0 aliphatic heterocycles. The number of nitrogens with zero attached hydrogens (tertiary/aromatic N) is 1. The molecule has 0 fully saturated rings. The lowest BCUT2D eigenvalue weighted by Crippen LogP contribution is -2.28. The zero-order valence-electron chi connectivity index (χ0n) is 9.18. The third kappa shape index (κ3) is 3.88. The minimum atomic E-state index is -0.376. The Morgan fingerprint density at radius 2 is 2.38 bits per heavy atom. The summed E-state index contributed by atoms with van der Waals surface area (Å²) in [6, 6.07) is 3.56. The van der Waals surface area contributed by atoms with E-state index in [2.05, 4.69) is 5.32 Å². The van der Waals surface area contributed by atoms with Crippen LogP contribution in [0.2, 0.25) is 0 Å². The molecule has 5 nitrogen and oxygen atoms in total. The van der Waals surface area contributed by atoms with Crippen molar-refractivity contribution in [1.82, 2.24) is 5.32 Å². The summed E-state index contributed by atoms with van der Waals surface area (Å²) >= 11 is 1.19. The van der Waals surface area contributed by atoms with Crippen LogP contribution in [0.1, 0.15) is 24.6 Å². The van der Waals surface area contributed by atoms with Gasteiger partial charge in [0.1, 0.15) is 0 Å². The first-order chi connectivity index (χ1) is 7.67. The van der Waals surface area contributed by atoms with E-state index in [9.17, 15) is 10.1 Å². The summed E-state index contributed by atoms with van der Waals surface area (Å²) in [6.45, 7) is 2.83. The fraction of sp³-hybridized carbons (Fsp3) is 0.600. The standard InChI is InChI=1S/C10H16N2O3S/c1-2-8(5-6-13)11-7-9-3-4-10(16-9)12(14)15/h3-4,8,11,13H,2,5-7H2,1H3. The van der Waals surface area contributed by atoms with Gasteiger partial charge in [-0.2, -0.15) is 0 Å². The maximum Gasteiger partial charge on any atom is 0.324 e. The smallest absolute Gasteiger partial charge is 0.324 e. The van der Waals surface area contributed by atoms with E-state index in [1.54, 1.807) is 6.07 Å². The van der Waals surface area contributed by atoms with Crippen LogP contribution in [0.25, 0.3) is 0 Å². The molecule has 0 aliphatic carbocycles. The molecular formula is C10H16N2O3S. The molecule has 1 unspecified atom stereocenters. The zero-order chi connectivity index (χ0) is 12.0. The Balaban J connectivity index is 2.44. The molecular weight excluding hydrogens is 228 g/mol. The van der Waals surface area contributed by atoms with Crippen LogP contribution in [0, 0.1) is 10.1 Å². The molecule has 0 saturated carbocycles. The first-order valence-electron chi connectivity index (χ1n) is 5.24. The van der Waals surface area contributed by atoms with Crippen LogP contribution in [-0.4, -0.2) is 22.7 Å². The molecule has 1 aromatic rings. The van der Waals surface area contributed by atoms with Crippen molar-refractivity contribution < 1.29 is 10.0 Å². The fourth-order valence-electron chi connectivity index (χ4n) is 1.41. The maximum atomic E-state index is 10.5. The molecule has 16 heavy (non-hydrogen) atoms. The summed E-state index contributed by atoms with van der Waals surface area (Å²) in [5.74, 6) is 0. The second-order valence-electron chi connectivity index (χ2n) is 3.50. The average Bonchev–Trinajstić information content (AvgIpc) is 2.73. The molecule has 1 rings (SSSR count). The number of nitrogens with one attached hydrogen (secondary N) is 1. The van der Waals surface area contributed by atoms with Crippen molar-refractivity contribution in [3.63, 3.8) is 0 Å². The van der Waals surface area contributed by atoms with E-state index in [0.29, 0.717) is 13.0 Å². The van der Waals surface area contributed by atoms with Gasteiger partial charge >= 0.3 is 5.00 Å². The predicted octanol–water partition coefficient (Wildman–Crippen LogP) is 1.91. The lowest BCUT2D eigenvalue weighted by molar-refractivity contribution is -0.380. The lowest BCUT2D eigenvalue weighted by Gasteiger charge is -2.14. The number of hydrogen-bond acceptors (Lipinski definition) is 5. The summed E-state index contributed by atoms with van der Waals surface area (Å²) in [4.78, 5) is 11.0. The van der Waals surface area contributed by atoms with Gasteiger partial charge in [0.25, 0.3) is 0 Å². The highest BCUT2D eigenvalue weighted by Crippen LogP contribution is 2.23. The first kappa shape index (κ1) is 13.1. The van der Waals surface area contributed by atoms with E-state index in [1.165, 1.54) is 17.4 Å². The summed E-state index contributed by atoms with van der Waals surface area (Å²) in [6.07, 6.45) is 1.65. The zero-order valence-corrected chi connectivity index (χ0v) is 10.00. The van der Waals surface area contributed by atoms with E-state index in [1.807, 2.05) is 6.92 Å². The highest BCUT2D eigenvalue weighted by Gasteiger charge is 2.10. The minimum Gasteiger partial charge on any atom is -0.396 e. The molecule has 0 spiro atoms. The van der Waals surface area contributed by atoms with Crippen LogP contribution in [0.3, 0.4) is 0 Å². The fourth-order valence-corrected chi connectivity index (χ4v) is 2.18. The molecule has 0 aromatic carbocycles. The number of aliphatic hydroxyl groups excluding tert-OH is 1. The van der Waals surface area contributed by atoms with Gasteiger partial charge < -0.3 is 10.4 Å². The quantitative estimate of drug-likeness (QED) is 0.567. The Morgan fingerprint density at radius 1 is 1.62 bits per heavy atom. The van der Waals surface area contributed by atoms with Gasteiger partial charge in [-0.1, -0.05) is 18.3 Å². The normalized spacial score (nSPS) is 12.6. The Kier molecular flexibility index (Phi) is 5.37. The minimum absolute atomic E-state index is 0.163. The van der Waals surface area contributed by atoms with Crippen LogP contribution in [0.15, 0.2) is 12.1 Å². The Morgan fingerprint density at radius 3 is 2.88 bits per heavy atom. The molecule has 1 aromatic heterocycles. The molecule has 0 saturated heterocycles. The Labute approximate surface area is 98.3 Å². The summed E-state index contributed by atoms with van der Waals surface area (Å²) in [7, 11) is 0. The van der Waals surface area contributed by atoms with Crippen LogP contribution in [0.4, 0.5) is 5.00 Å². The number of thiophene rings is 1. The van der Waals surface area contributed by atoms with Crippen LogP contribution >= 0.6 is 11.3 Å². The van der Waals surface area contributed by atoms with Crippen molar-refractivity contribution in [1.29, 1.82) is 0 Å². The average molecular weight is 244 g/mol. The SMILES string of the molecule is CCC(CCO)NCc1ccc([N+](=O)[O-])s1. The van der Waals surface area contributed by atoms with Crippen molar-refractivity contribution >= 4 is 16.3 Å². The number of nitro groups is 1.